The van der Waals surface area contributed by atoms with Gasteiger partial charge >= 0.3 is 5.91 Å². The minimum Gasteiger partial charge on any atom is -0.459 e. The van der Waals surface area contributed by atoms with Crippen LogP contribution in [0.2, 0.25) is 0 Å². The number of hydrogen-bond donors (Lipinski definition) is 2. The molecule has 12 heavy (non-hydrogen) atoms. The van der Waals surface area contributed by atoms with Crippen LogP contribution in [-0.2, 0) is 4.84 Å². The van der Waals surface area contributed by atoms with Crippen molar-refractivity contribution in [2.75, 3.05) is 13.2 Å². The number of carbonyl (C=O) groups excluding carboxylic acids is 1. The zero-order valence-electron chi connectivity index (χ0n) is 6.45. The van der Waals surface area contributed by atoms with E-state index in [0.717, 1.165) is 0 Å². The molecule has 0 saturated heterocycles. The number of hydrogen-bond acceptors (Lipinski definition) is 4. The fraction of sp³-hybridized carbons (Fsp3) is 0.286. The molecule has 5 heteroatoms. The van der Waals surface area contributed by atoms with E-state index in [9.17, 15) is 4.79 Å². The van der Waals surface area contributed by atoms with Crippen molar-refractivity contribution < 1.29 is 14.0 Å². The number of furan rings is 1. The van der Waals surface area contributed by atoms with Crippen molar-refractivity contribution in [3.63, 3.8) is 0 Å². The van der Waals surface area contributed by atoms with Crippen molar-refractivity contribution in [3.8, 4) is 0 Å². The second-order valence-electron chi connectivity index (χ2n) is 2.05. The molecule has 0 aliphatic heterocycles. The highest BCUT2D eigenvalue weighted by molar-refractivity contribution is 5.90. The van der Waals surface area contributed by atoms with Crippen molar-refractivity contribution in [2.24, 2.45) is 5.73 Å². The summed E-state index contributed by atoms with van der Waals surface area (Å²) in [6.45, 7) is 0.644. The average molecular weight is 170 g/mol. The topological polar surface area (TPSA) is 77.5 Å². The monoisotopic (exact) mass is 170 g/mol. The van der Waals surface area contributed by atoms with Gasteiger partial charge in [-0.15, -0.1) is 0 Å². The third-order valence-electron chi connectivity index (χ3n) is 1.13. The first kappa shape index (κ1) is 8.76. The molecule has 0 bridgehead atoms. The van der Waals surface area contributed by atoms with Crippen LogP contribution >= 0.6 is 0 Å². The van der Waals surface area contributed by atoms with Gasteiger partial charge in [-0.3, -0.25) is 9.63 Å². The smallest absolute Gasteiger partial charge is 0.310 e. The van der Waals surface area contributed by atoms with Crippen LogP contribution in [0, 0.1) is 0 Å². The van der Waals surface area contributed by atoms with Crippen molar-refractivity contribution in [3.05, 3.63) is 24.2 Å². The van der Waals surface area contributed by atoms with Gasteiger partial charge in [-0.2, -0.15) is 0 Å². The molecule has 0 radical (unpaired) electrons. The van der Waals surface area contributed by atoms with E-state index in [1.54, 1.807) is 12.1 Å². The van der Waals surface area contributed by atoms with Gasteiger partial charge in [0.05, 0.1) is 12.9 Å². The lowest BCUT2D eigenvalue weighted by Crippen LogP contribution is -2.26. The van der Waals surface area contributed by atoms with Crippen LogP contribution in [0.4, 0.5) is 0 Å². The Morgan fingerprint density at radius 3 is 3.17 bits per heavy atom. The summed E-state index contributed by atoms with van der Waals surface area (Å²) >= 11 is 0. The summed E-state index contributed by atoms with van der Waals surface area (Å²) in [4.78, 5) is 15.7. The van der Waals surface area contributed by atoms with Gasteiger partial charge in [-0.1, -0.05) is 0 Å². The predicted molar refractivity (Wildman–Crippen MR) is 41.2 cm³/mol. The second kappa shape index (κ2) is 4.53. The molecule has 1 aromatic rings. The molecular weight excluding hydrogens is 160 g/mol. The highest BCUT2D eigenvalue weighted by atomic mass is 16.7. The largest absolute Gasteiger partial charge is 0.459 e. The van der Waals surface area contributed by atoms with E-state index in [-0.39, 0.29) is 12.4 Å². The number of amides is 1. The molecule has 0 aromatic carbocycles. The Morgan fingerprint density at radius 2 is 2.58 bits per heavy atom. The van der Waals surface area contributed by atoms with E-state index in [2.05, 4.69) is 10.3 Å². The lowest BCUT2D eigenvalue weighted by molar-refractivity contribution is 0.0320. The SMILES string of the molecule is NCCONC(=O)c1ccco1. The molecule has 3 N–H and O–H groups in total. The van der Waals surface area contributed by atoms with Gasteiger partial charge in [0.25, 0.3) is 0 Å². The molecule has 66 valence electrons. The quantitative estimate of drug-likeness (QED) is 0.488. The number of carbonyl (C=O) groups is 1. The van der Waals surface area contributed by atoms with E-state index in [1.165, 1.54) is 6.26 Å². The first-order valence-corrected chi connectivity index (χ1v) is 3.50. The summed E-state index contributed by atoms with van der Waals surface area (Å²) in [6.07, 6.45) is 1.41. The maximum atomic E-state index is 11.0. The predicted octanol–water partition coefficient (Wildman–Crippen LogP) is -0.100. The maximum Gasteiger partial charge on any atom is 0.310 e. The van der Waals surface area contributed by atoms with E-state index >= 15 is 0 Å². The molecule has 1 rings (SSSR count). The van der Waals surface area contributed by atoms with Crippen molar-refractivity contribution in [1.82, 2.24) is 5.48 Å². The second-order valence-corrected chi connectivity index (χ2v) is 2.05. The average Bonchev–Trinajstić information content (AvgIpc) is 2.56. The Kier molecular flexibility index (Phi) is 3.31. The molecule has 0 fully saturated rings. The van der Waals surface area contributed by atoms with Crippen molar-refractivity contribution in [1.29, 1.82) is 0 Å². The van der Waals surface area contributed by atoms with Crippen molar-refractivity contribution in [2.45, 2.75) is 0 Å². The number of hydroxylamine groups is 1. The van der Waals surface area contributed by atoms with Crippen LogP contribution in [-0.4, -0.2) is 19.1 Å². The molecular formula is C7H10N2O3. The standard InChI is InChI=1S/C7H10N2O3/c8-3-5-12-9-7(10)6-2-1-4-11-6/h1-2,4H,3,5,8H2,(H,9,10). The van der Waals surface area contributed by atoms with Gasteiger partial charge in [0.1, 0.15) is 0 Å². The zero-order valence-corrected chi connectivity index (χ0v) is 6.45. The number of nitrogens with two attached hydrogens (primary N) is 1. The summed E-state index contributed by atoms with van der Waals surface area (Å²) in [5.41, 5.74) is 7.31. The van der Waals surface area contributed by atoms with Gasteiger partial charge in [-0.25, -0.2) is 5.48 Å². The van der Waals surface area contributed by atoms with Gasteiger partial charge in [-0.05, 0) is 12.1 Å². The van der Waals surface area contributed by atoms with Gasteiger partial charge < -0.3 is 10.2 Å². The van der Waals surface area contributed by atoms with Crippen LogP contribution in [0.5, 0.6) is 0 Å². The molecule has 0 spiro atoms. The Morgan fingerprint density at radius 1 is 1.75 bits per heavy atom. The van der Waals surface area contributed by atoms with E-state index in [4.69, 9.17) is 10.2 Å². The summed E-state index contributed by atoms with van der Waals surface area (Å²) in [5, 5.41) is 0. The molecule has 1 aromatic heterocycles. The molecule has 0 unspecified atom stereocenters. The first-order chi connectivity index (χ1) is 5.84. The van der Waals surface area contributed by atoms with E-state index < -0.39 is 5.91 Å². The Hall–Kier alpha value is -1.33. The van der Waals surface area contributed by atoms with Gasteiger partial charge in [0.2, 0.25) is 0 Å². The molecule has 0 aliphatic rings. The van der Waals surface area contributed by atoms with Crippen LogP contribution < -0.4 is 11.2 Å². The van der Waals surface area contributed by atoms with E-state index in [1.807, 2.05) is 0 Å². The normalized spacial score (nSPS) is 9.75. The third kappa shape index (κ3) is 2.37. The number of rotatable bonds is 4. The highest BCUT2D eigenvalue weighted by Gasteiger charge is 2.06. The summed E-state index contributed by atoms with van der Waals surface area (Å²) in [5.74, 6) is -0.194. The Labute approximate surface area is 69.4 Å². The summed E-state index contributed by atoms with van der Waals surface area (Å²) < 4.78 is 4.80. The Bertz CT molecular complexity index is 233. The molecule has 0 saturated carbocycles. The van der Waals surface area contributed by atoms with Gasteiger partial charge in [0, 0.05) is 6.54 Å². The maximum absolute atomic E-state index is 11.0. The van der Waals surface area contributed by atoms with Crippen LogP contribution in [0.15, 0.2) is 22.8 Å². The molecule has 5 nitrogen and oxygen atoms in total. The highest BCUT2D eigenvalue weighted by Crippen LogP contribution is 1.98. The minimum atomic E-state index is -0.409. The molecule has 1 amide bonds. The molecule has 1 heterocycles. The Balaban J connectivity index is 2.30. The van der Waals surface area contributed by atoms with Crippen LogP contribution in [0.3, 0.4) is 0 Å². The zero-order chi connectivity index (χ0) is 8.81. The van der Waals surface area contributed by atoms with E-state index in [0.29, 0.717) is 6.54 Å². The lowest BCUT2D eigenvalue weighted by atomic mass is 10.4. The van der Waals surface area contributed by atoms with Crippen LogP contribution in [0.1, 0.15) is 10.6 Å². The fourth-order valence-corrected chi connectivity index (χ4v) is 0.634. The molecule has 0 aliphatic carbocycles. The summed E-state index contributed by atoms with van der Waals surface area (Å²) in [7, 11) is 0. The first-order valence-electron chi connectivity index (χ1n) is 3.50. The van der Waals surface area contributed by atoms with Crippen LogP contribution in [0.25, 0.3) is 0 Å². The number of nitrogens with one attached hydrogen (secondary N) is 1. The van der Waals surface area contributed by atoms with Crippen molar-refractivity contribution >= 4 is 5.91 Å². The third-order valence-corrected chi connectivity index (χ3v) is 1.13. The molecule has 0 atom stereocenters. The summed E-state index contributed by atoms with van der Waals surface area (Å²) in [6, 6.07) is 3.17. The lowest BCUT2D eigenvalue weighted by Gasteiger charge is -2.00. The fourth-order valence-electron chi connectivity index (χ4n) is 0.634. The minimum absolute atomic E-state index is 0.215. The van der Waals surface area contributed by atoms with Gasteiger partial charge in [0.15, 0.2) is 5.76 Å².